The Labute approximate surface area is 180 Å². The van der Waals surface area contributed by atoms with Crippen molar-refractivity contribution in [1.29, 1.82) is 0 Å². The molecule has 0 N–H and O–H groups in total. The summed E-state index contributed by atoms with van der Waals surface area (Å²) in [6.07, 6.45) is 1.75. The lowest BCUT2D eigenvalue weighted by atomic mass is 10.1. The van der Waals surface area contributed by atoms with Crippen molar-refractivity contribution in [2.45, 2.75) is 0 Å². The first-order valence-electron chi connectivity index (χ1n) is 8.55. The van der Waals surface area contributed by atoms with Crippen molar-refractivity contribution in [3.63, 3.8) is 0 Å². The predicted octanol–water partition coefficient (Wildman–Crippen LogP) is 6.56. The van der Waals surface area contributed by atoms with Gasteiger partial charge in [0.25, 0.3) is 0 Å². The third kappa shape index (κ3) is 4.33. The van der Waals surface area contributed by atoms with Crippen LogP contribution in [0.1, 0.15) is 5.56 Å². The molecule has 0 unspecified atom stereocenters. The van der Waals surface area contributed by atoms with Gasteiger partial charge in [0.15, 0.2) is 0 Å². The number of hydrogen-bond acceptors (Lipinski definition) is 3. The molecule has 4 rings (SSSR count). The first-order chi connectivity index (χ1) is 13.7. The summed E-state index contributed by atoms with van der Waals surface area (Å²) >= 11 is 11.3. The molecule has 0 radical (unpaired) electrons. The molecule has 138 valence electrons. The molecule has 0 spiro atoms. The van der Waals surface area contributed by atoms with Crippen molar-refractivity contribution < 1.29 is 0 Å². The normalized spacial score (nSPS) is 12.0. The standard InChI is InChI=1S/C22H15BrClN3S/c23-18-11-9-17(10-12-18)21-15-28-22(26-25-14-16-5-2-1-3-6-16)27(21)20-8-4-7-19(24)13-20/h1-15H. The number of rotatable bonds is 4. The van der Waals surface area contributed by atoms with Crippen molar-refractivity contribution in [3.8, 4) is 16.9 Å². The van der Waals surface area contributed by atoms with Gasteiger partial charge >= 0.3 is 0 Å². The van der Waals surface area contributed by atoms with E-state index in [-0.39, 0.29) is 0 Å². The zero-order valence-corrected chi connectivity index (χ0v) is 17.8. The summed E-state index contributed by atoms with van der Waals surface area (Å²) in [5, 5.41) is 11.5. The lowest BCUT2D eigenvalue weighted by Gasteiger charge is -2.09. The topological polar surface area (TPSA) is 29.6 Å². The molecular formula is C22H15BrClN3S. The first kappa shape index (κ1) is 18.9. The van der Waals surface area contributed by atoms with Gasteiger partial charge in [-0.2, -0.15) is 5.10 Å². The number of nitrogens with zero attached hydrogens (tertiary/aromatic N) is 3. The van der Waals surface area contributed by atoms with Crippen molar-refractivity contribution in [1.82, 2.24) is 4.57 Å². The fraction of sp³-hybridized carbons (Fsp3) is 0. The number of thiazole rings is 1. The minimum absolute atomic E-state index is 0.677. The Bertz CT molecular complexity index is 1180. The molecule has 28 heavy (non-hydrogen) atoms. The molecule has 0 saturated carbocycles. The second-order valence-electron chi connectivity index (χ2n) is 5.98. The van der Waals surface area contributed by atoms with Gasteiger partial charge in [0.2, 0.25) is 4.80 Å². The van der Waals surface area contributed by atoms with Crippen LogP contribution in [0.3, 0.4) is 0 Å². The molecule has 0 fully saturated rings. The van der Waals surface area contributed by atoms with E-state index in [0.717, 1.165) is 31.8 Å². The molecule has 6 heteroatoms. The van der Waals surface area contributed by atoms with Crippen LogP contribution in [0.25, 0.3) is 16.9 Å². The average molecular weight is 469 g/mol. The number of aromatic nitrogens is 1. The SMILES string of the molecule is Clc1cccc(-n2c(-c3ccc(Br)cc3)csc2=NN=Cc2ccccc2)c1. The van der Waals surface area contributed by atoms with Gasteiger partial charge in [0.05, 0.1) is 11.9 Å². The highest BCUT2D eigenvalue weighted by molar-refractivity contribution is 9.10. The summed E-state index contributed by atoms with van der Waals surface area (Å²) < 4.78 is 3.11. The minimum Gasteiger partial charge on any atom is -0.284 e. The molecule has 1 heterocycles. The summed E-state index contributed by atoms with van der Waals surface area (Å²) in [4.78, 5) is 0.771. The lowest BCUT2D eigenvalue weighted by Crippen LogP contribution is -2.13. The molecule has 0 amide bonds. The molecule has 3 nitrogen and oxygen atoms in total. The van der Waals surface area contributed by atoms with Gasteiger partial charge < -0.3 is 0 Å². The largest absolute Gasteiger partial charge is 0.284 e. The number of hydrogen-bond donors (Lipinski definition) is 0. The number of halogens is 2. The molecule has 3 aromatic carbocycles. The van der Waals surface area contributed by atoms with Crippen LogP contribution in [0.4, 0.5) is 0 Å². The van der Waals surface area contributed by atoms with Crippen molar-refractivity contribution >= 4 is 45.1 Å². The van der Waals surface area contributed by atoms with Crippen molar-refractivity contribution in [3.05, 3.63) is 104 Å². The van der Waals surface area contributed by atoms with Gasteiger partial charge in [0.1, 0.15) is 0 Å². The van der Waals surface area contributed by atoms with Gasteiger partial charge in [0, 0.05) is 20.6 Å². The van der Waals surface area contributed by atoms with E-state index in [4.69, 9.17) is 11.6 Å². The van der Waals surface area contributed by atoms with Crippen LogP contribution in [0.2, 0.25) is 5.02 Å². The molecule has 0 aliphatic heterocycles. The van der Waals surface area contributed by atoms with Crippen LogP contribution < -0.4 is 4.80 Å². The molecule has 0 bridgehead atoms. The maximum absolute atomic E-state index is 6.24. The molecule has 0 atom stereocenters. The molecule has 0 aliphatic rings. The third-order valence-electron chi connectivity index (χ3n) is 4.06. The van der Waals surface area contributed by atoms with E-state index in [1.165, 1.54) is 11.3 Å². The van der Waals surface area contributed by atoms with Gasteiger partial charge in [-0.25, -0.2) is 0 Å². The fourth-order valence-electron chi connectivity index (χ4n) is 2.75. The van der Waals surface area contributed by atoms with E-state index in [9.17, 15) is 0 Å². The van der Waals surface area contributed by atoms with Crippen molar-refractivity contribution in [2.75, 3.05) is 0 Å². The summed E-state index contributed by atoms with van der Waals surface area (Å²) in [5.74, 6) is 0. The van der Waals surface area contributed by atoms with E-state index in [2.05, 4.69) is 48.2 Å². The molecule has 0 aliphatic carbocycles. The summed E-state index contributed by atoms with van der Waals surface area (Å²) in [6, 6.07) is 25.9. The van der Waals surface area contributed by atoms with E-state index in [1.54, 1.807) is 6.21 Å². The molecular weight excluding hydrogens is 454 g/mol. The second kappa shape index (κ2) is 8.69. The predicted molar refractivity (Wildman–Crippen MR) is 121 cm³/mol. The highest BCUT2D eigenvalue weighted by atomic mass is 79.9. The first-order valence-corrected chi connectivity index (χ1v) is 10.6. The Balaban J connectivity index is 1.83. The fourth-order valence-corrected chi connectivity index (χ4v) is 4.06. The van der Waals surface area contributed by atoms with Crippen LogP contribution in [0, 0.1) is 0 Å². The molecule has 1 aromatic heterocycles. The minimum atomic E-state index is 0.677. The highest BCUT2D eigenvalue weighted by Gasteiger charge is 2.10. The zero-order chi connectivity index (χ0) is 19.3. The van der Waals surface area contributed by atoms with Crippen LogP contribution in [0.15, 0.2) is 98.9 Å². The summed E-state index contributed by atoms with van der Waals surface area (Å²) in [7, 11) is 0. The lowest BCUT2D eigenvalue weighted by molar-refractivity contribution is 0.973. The molecule has 0 saturated heterocycles. The van der Waals surface area contributed by atoms with Crippen LogP contribution in [-0.4, -0.2) is 10.8 Å². The summed E-state index contributed by atoms with van der Waals surface area (Å²) in [6.45, 7) is 0. The van der Waals surface area contributed by atoms with Gasteiger partial charge in [-0.05, 0) is 41.5 Å². The zero-order valence-electron chi connectivity index (χ0n) is 14.7. The quantitative estimate of drug-likeness (QED) is 0.240. The second-order valence-corrected chi connectivity index (χ2v) is 8.17. The smallest absolute Gasteiger partial charge is 0.215 e. The van der Waals surface area contributed by atoms with Crippen molar-refractivity contribution in [2.24, 2.45) is 10.2 Å². The Morgan fingerprint density at radius 3 is 2.46 bits per heavy atom. The van der Waals surface area contributed by atoms with Gasteiger partial charge in [-0.15, -0.1) is 16.4 Å². The van der Waals surface area contributed by atoms with Crippen LogP contribution in [-0.2, 0) is 0 Å². The average Bonchev–Trinajstić information content (AvgIpc) is 3.13. The van der Waals surface area contributed by atoms with Gasteiger partial charge in [-0.1, -0.05) is 76.1 Å². The third-order valence-corrected chi connectivity index (χ3v) is 5.64. The molecule has 4 aromatic rings. The maximum atomic E-state index is 6.24. The van der Waals surface area contributed by atoms with Gasteiger partial charge in [-0.3, -0.25) is 4.57 Å². The Morgan fingerprint density at radius 1 is 0.929 bits per heavy atom. The Kier molecular flexibility index (Phi) is 5.86. The van der Waals surface area contributed by atoms with E-state index in [0.29, 0.717) is 5.02 Å². The van der Waals surface area contributed by atoms with E-state index >= 15 is 0 Å². The van der Waals surface area contributed by atoms with Crippen LogP contribution in [0.5, 0.6) is 0 Å². The summed E-state index contributed by atoms with van der Waals surface area (Å²) in [5.41, 5.74) is 4.08. The Hall–Kier alpha value is -2.47. The number of benzene rings is 3. The Morgan fingerprint density at radius 2 is 1.71 bits per heavy atom. The van der Waals surface area contributed by atoms with E-state index in [1.807, 2.05) is 66.7 Å². The van der Waals surface area contributed by atoms with Crippen LogP contribution >= 0.6 is 38.9 Å². The van der Waals surface area contributed by atoms with E-state index < -0.39 is 0 Å². The maximum Gasteiger partial charge on any atom is 0.215 e. The highest BCUT2D eigenvalue weighted by Crippen LogP contribution is 2.26. The monoisotopic (exact) mass is 467 g/mol.